The number of guanidine groups is 1. The SMILES string of the molecule is CCNC(=NCc1nc(C)no1)NCCC(O)c1ccccc1. The molecule has 2 aromatic rings. The monoisotopic (exact) mass is 317 g/mol. The van der Waals surface area contributed by atoms with E-state index in [0.29, 0.717) is 37.2 Å². The van der Waals surface area contributed by atoms with Crippen LogP contribution in [0.15, 0.2) is 39.8 Å². The van der Waals surface area contributed by atoms with Crippen LogP contribution in [0, 0.1) is 6.92 Å². The Morgan fingerprint density at radius 3 is 2.74 bits per heavy atom. The van der Waals surface area contributed by atoms with Gasteiger partial charge >= 0.3 is 0 Å². The minimum atomic E-state index is -0.495. The predicted octanol–water partition coefficient (Wildman–Crippen LogP) is 1.56. The average Bonchev–Trinajstić information content (AvgIpc) is 2.99. The summed E-state index contributed by atoms with van der Waals surface area (Å²) in [5, 5.41) is 20.2. The zero-order valence-electron chi connectivity index (χ0n) is 13.5. The minimum Gasteiger partial charge on any atom is -0.388 e. The fourth-order valence-electron chi connectivity index (χ4n) is 2.06. The summed E-state index contributed by atoms with van der Waals surface area (Å²) in [6.07, 6.45) is 0.0961. The summed E-state index contributed by atoms with van der Waals surface area (Å²) in [5.41, 5.74) is 0.914. The van der Waals surface area contributed by atoms with E-state index in [0.717, 1.165) is 12.1 Å². The highest BCUT2D eigenvalue weighted by Gasteiger charge is 2.07. The van der Waals surface area contributed by atoms with Gasteiger partial charge in [0.05, 0.1) is 6.10 Å². The van der Waals surface area contributed by atoms with Crippen molar-refractivity contribution in [3.8, 4) is 0 Å². The molecule has 0 bridgehead atoms. The Kier molecular flexibility index (Phi) is 6.56. The molecule has 3 N–H and O–H groups in total. The van der Waals surface area contributed by atoms with Crippen molar-refractivity contribution in [3.05, 3.63) is 47.6 Å². The van der Waals surface area contributed by atoms with Gasteiger partial charge in [-0.25, -0.2) is 4.99 Å². The summed E-state index contributed by atoms with van der Waals surface area (Å²) >= 11 is 0. The first-order valence-corrected chi connectivity index (χ1v) is 7.73. The lowest BCUT2D eigenvalue weighted by molar-refractivity contribution is 0.168. The molecule has 2 rings (SSSR count). The van der Waals surface area contributed by atoms with Gasteiger partial charge in [0.25, 0.3) is 0 Å². The van der Waals surface area contributed by atoms with Crippen molar-refractivity contribution in [3.63, 3.8) is 0 Å². The molecule has 7 nitrogen and oxygen atoms in total. The van der Waals surface area contributed by atoms with Crippen molar-refractivity contribution < 1.29 is 9.63 Å². The van der Waals surface area contributed by atoms with Crippen molar-refractivity contribution in [2.45, 2.75) is 32.9 Å². The Hall–Kier alpha value is -2.41. The fourth-order valence-corrected chi connectivity index (χ4v) is 2.06. The zero-order valence-corrected chi connectivity index (χ0v) is 13.5. The molecular formula is C16H23N5O2. The maximum atomic E-state index is 10.1. The quantitative estimate of drug-likeness (QED) is 0.530. The van der Waals surface area contributed by atoms with Crippen LogP contribution >= 0.6 is 0 Å². The fraction of sp³-hybridized carbons (Fsp3) is 0.438. The number of nitrogens with one attached hydrogen (secondary N) is 2. The number of rotatable bonds is 7. The third-order valence-electron chi connectivity index (χ3n) is 3.18. The average molecular weight is 317 g/mol. The summed E-state index contributed by atoms with van der Waals surface area (Å²) in [6.45, 7) is 5.43. The minimum absolute atomic E-state index is 0.317. The Morgan fingerprint density at radius 1 is 1.30 bits per heavy atom. The summed E-state index contributed by atoms with van der Waals surface area (Å²) in [4.78, 5) is 8.49. The van der Waals surface area contributed by atoms with Gasteiger partial charge in [0.1, 0.15) is 6.54 Å². The zero-order chi connectivity index (χ0) is 16.5. The van der Waals surface area contributed by atoms with Crippen LogP contribution in [0.2, 0.25) is 0 Å². The third-order valence-corrected chi connectivity index (χ3v) is 3.18. The second-order valence-electron chi connectivity index (χ2n) is 5.07. The highest BCUT2D eigenvalue weighted by Crippen LogP contribution is 2.14. The van der Waals surface area contributed by atoms with E-state index < -0.39 is 6.10 Å². The second-order valence-corrected chi connectivity index (χ2v) is 5.07. The van der Waals surface area contributed by atoms with Gasteiger partial charge in [-0.1, -0.05) is 35.5 Å². The number of nitrogens with zero attached hydrogens (tertiary/aromatic N) is 3. The van der Waals surface area contributed by atoms with Gasteiger partial charge in [-0.15, -0.1) is 0 Å². The van der Waals surface area contributed by atoms with Crippen LogP contribution in [0.25, 0.3) is 0 Å². The molecule has 0 aliphatic carbocycles. The van der Waals surface area contributed by atoms with E-state index in [4.69, 9.17) is 4.52 Å². The molecule has 0 fully saturated rings. The Balaban J connectivity index is 1.82. The van der Waals surface area contributed by atoms with Crippen LogP contribution in [0.5, 0.6) is 0 Å². The van der Waals surface area contributed by atoms with Gasteiger partial charge in [0.2, 0.25) is 5.89 Å². The Bertz CT molecular complexity index is 612. The maximum absolute atomic E-state index is 10.1. The third kappa shape index (κ3) is 5.71. The number of aryl methyl sites for hydroxylation is 1. The topological polar surface area (TPSA) is 95.6 Å². The molecule has 0 saturated carbocycles. The molecule has 0 spiro atoms. The van der Waals surface area contributed by atoms with E-state index in [2.05, 4.69) is 25.8 Å². The number of hydrogen-bond donors (Lipinski definition) is 3. The number of benzene rings is 1. The Morgan fingerprint density at radius 2 is 2.09 bits per heavy atom. The molecule has 1 atom stereocenters. The molecule has 7 heteroatoms. The smallest absolute Gasteiger partial charge is 0.248 e. The van der Waals surface area contributed by atoms with E-state index in [1.807, 2.05) is 37.3 Å². The molecule has 0 radical (unpaired) electrons. The molecule has 0 aliphatic heterocycles. The number of aliphatic hydroxyl groups excluding tert-OH is 1. The van der Waals surface area contributed by atoms with Crippen molar-refractivity contribution in [1.82, 2.24) is 20.8 Å². The molecular weight excluding hydrogens is 294 g/mol. The molecule has 1 aromatic heterocycles. The number of aliphatic hydroxyl groups is 1. The number of aliphatic imine (C=N–C) groups is 1. The van der Waals surface area contributed by atoms with Crippen LogP contribution < -0.4 is 10.6 Å². The second kappa shape index (κ2) is 8.89. The Labute approximate surface area is 135 Å². The predicted molar refractivity (Wildman–Crippen MR) is 87.9 cm³/mol. The molecule has 1 unspecified atom stereocenters. The van der Waals surface area contributed by atoms with E-state index in [-0.39, 0.29) is 0 Å². The van der Waals surface area contributed by atoms with Crippen LogP contribution in [0.3, 0.4) is 0 Å². The van der Waals surface area contributed by atoms with Crippen LogP contribution in [-0.4, -0.2) is 34.3 Å². The van der Waals surface area contributed by atoms with Crippen LogP contribution in [0.1, 0.15) is 36.7 Å². The van der Waals surface area contributed by atoms with Crippen LogP contribution in [-0.2, 0) is 6.54 Å². The first-order chi connectivity index (χ1) is 11.2. The van der Waals surface area contributed by atoms with Gasteiger partial charge in [-0.2, -0.15) is 4.98 Å². The summed E-state index contributed by atoms with van der Waals surface area (Å²) in [7, 11) is 0. The van der Waals surface area contributed by atoms with Gasteiger partial charge in [0.15, 0.2) is 11.8 Å². The molecule has 1 aromatic carbocycles. The molecule has 124 valence electrons. The van der Waals surface area contributed by atoms with Crippen LogP contribution in [0.4, 0.5) is 0 Å². The molecule has 1 heterocycles. The molecule has 0 saturated heterocycles. The van der Waals surface area contributed by atoms with E-state index >= 15 is 0 Å². The van der Waals surface area contributed by atoms with E-state index in [1.54, 1.807) is 6.92 Å². The van der Waals surface area contributed by atoms with Crippen molar-refractivity contribution in [2.75, 3.05) is 13.1 Å². The lowest BCUT2D eigenvalue weighted by atomic mass is 10.1. The lowest BCUT2D eigenvalue weighted by Gasteiger charge is -2.14. The highest BCUT2D eigenvalue weighted by molar-refractivity contribution is 5.79. The lowest BCUT2D eigenvalue weighted by Crippen LogP contribution is -2.38. The highest BCUT2D eigenvalue weighted by atomic mass is 16.5. The standard InChI is InChI=1S/C16H23N5O2/c1-3-17-16(19-11-15-20-12(2)21-23-15)18-10-9-14(22)13-7-5-4-6-8-13/h4-8,14,22H,3,9-11H2,1-2H3,(H2,17,18,19). The van der Waals surface area contributed by atoms with Crippen molar-refractivity contribution in [1.29, 1.82) is 0 Å². The van der Waals surface area contributed by atoms with E-state index in [9.17, 15) is 5.11 Å². The summed E-state index contributed by atoms with van der Waals surface area (Å²) < 4.78 is 5.03. The van der Waals surface area contributed by atoms with Crippen molar-refractivity contribution >= 4 is 5.96 Å². The first kappa shape index (κ1) is 17.0. The molecule has 0 aliphatic rings. The number of hydrogen-bond acceptors (Lipinski definition) is 5. The molecule has 23 heavy (non-hydrogen) atoms. The summed E-state index contributed by atoms with van der Waals surface area (Å²) in [5.74, 6) is 1.73. The van der Waals surface area contributed by atoms with Gasteiger partial charge in [0, 0.05) is 13.1 Å². The van der Waals surface area contributed by atoms with Gasteiger partial charge in [-0.3, -0.25) is 0 Å². The van der Waals surface area contributed by atoms with Gasteiger partial charge < -0.3 is 20.3 Å². The first-order valence-electron chi connectivity index (χ1n) is 7.73. The normalized spacial score (nSPS) is 12.9. The number of aromatic nitrogens is 2. The van der Waals surface area contributed by atoms with Gasteiger partial charge in [-0.05, 0) is 25.8 Å². The largest absolute Gasteiger partial charge is 0.388 e. The maximum Gasteiger partial charge on any atom is 0.248 e. The van der Waals surface area contributed by atoms with E-state index in [1.165, 1.54) is 0 Å². The summed E-state index contributed by atoms with van der Waals surface area (Å²) in [6, 6.07) is 9.61. The van der Waals surface area contributed by atoms with Crippen molar-refractivity contribution in [2.24, 2.45) is 4.99 Å². The molecule has 0 amide bonds.